The minimum atomic E-state index is -1.20. The van der Waals surface area contributed by atoms with Gasteiger partial charge in [0.1, 0.15) is 17.0 Å². The molecule has 1 saturated carbocycles. The predicted octanol–water partition coefficient (Wildman–Crippen LogP) is 5.67. The topological polar surface area (TPSA) is 107 Å². The van der Waals surface area contributed by atoms with E-state index in [0.717, 1.165) is 51.0 Å². The van der Waals surface area contributed by atoms with Crippen LogP contribution in [0.2, 0.25) is 0 Å². The number of nitrogens with one attached hydrogen (secondary N) is 1. The number of alkyl halides is 1. The van der Waals surface area contributed by atoms with Gasteiger partial charge in [-0.25, -0.2) is 19.3 Å². The lowest BCUT2D eigenvalue weighted by atomic mass is 10.1. The van der Waals surface area contributed by atoms with Crippen molar-refractivity contribution in [2.45, 2.75) is 31.9 Å². The lowest BCUT2D eigenvalue weighted by Crippen LogP contribution is -2.11. The van der Waals surface area contributed by atoms with Crippen LogP contribution >= 0.6 is 39.1 Å². The Morgan fingerprint density at radius 2 is 2.05 bits per heavy atom. The minimum absolute atomic E-state index is 0.190. The van der Waals surface area contributed by atoms with E-state index in [1.165, 1.54) is 0 Å². The highest BCUT2D eigenvalue weighted by Crippen LogP contribution is 2.54. The Morgan fingerprint density at radius 1 is 1.37 bits per heavy atom. The van der Waals surface area contributed by atoms with Crippen molar-refractivity contribution in [3.8, 4) is 11.3 Å². The van der Waals surface area contributed by atoms with Crippen molar-refractivity contribution in [1.29, 1.82) is 0 Å². The Bertz CT molecular complexity index is 1520. The highest BCUT2D eigenvalue weighted by molar-refractivity contribution is 14.2. The molecule has 4 aromatic rings. The van der Waals surface area contributed by atoms with Crippen molar-refractivity contribution in [3.05, 3.63) is 48.3 Å². The molecule has 13 heteroatoms. The fraction of sp³-hybridized carbons (Fsp3) is 0.320. The van der Waals surface area contributed by atoms with Gasteiger partial charge in [-0.3, -0.25) is 9.13 Å². The number of aromatic nitrogens is 5. The minimum Gasteiger partial charge on any atom is -0.372 e. The number of carbonyl (C=O) groups excluding carboxylic acids is 1. The van der Waals surface area contributed by atoms with Gasteiger partial charge in [0.25, 0.3) is 0 Å². The summed E-state index contributed by atoms with van der Waals surface area (Å²) in [5, 5.41) is 3.63. The molecule has 9 nitrogen and oxygen atoms in total. The maximum absolute atomic E-state index is 14.7. The molecule has 4 unspecified atom stereocenters. The van der Waals surface area contributed by atoms with Crippen molar-refractivity contribution in [3.63, 3.8) is 0 Å². The second kappa shape index (κ2) is 11.3. The number of amides is 1. The van der Waals surface area contributed by atoms with E-state index in [2.05, 4.69) is 77.0 Å². The molecule has 0 bridgehead atoms. The molecule has 202 valence electrons. The Morgan fingerprint density at radius 3 is 2.61 bits per heavy atom. The van der Waals surface area contributed by atoms with Gasteiger partial charge in [0.2, 0.25) is 6.41 Å². The summed E-state index contributed by atoms with van der Waals surface area (Å²) < 4.78 is 20.9. The molecule has 38 heavy (non-hydrogen) atoms. The molecule has 1 aliphatic rings. The average Bonchev–Trinajstić information content (AvgIpc) is 3.14. The summed E-state index contributed by atoms with van der Waals surface area (Å²) in [5.74, 6) is 4.96. The third kappa shape index (κ3) is 5.57. The number of nitrogens with two attached hydrogens (primary N) is 1. The molecule has 4 atom stereocenters. The van der Waals surface area contributed by atoms with Gasteiger partial charge in [-0.15, -0.1) is 10.7 Å². The highest BCUT2D eigenvalue weighted by Gasteiger charge is 2.53. The van der Waals surface area contributed by atoms with Gasteiger partial charge < -0.3 is 19.9 Å². The molecule has 3 heterocycles. The lowest BCUT2D eigenvalue weighted by molar-refractivity contribution is -0.106. The first kappa shape index (κ1) is 28.4. The molecule has 1 aliphatic carbocycles. The first-order valence-electron chi connectivity index (χ1n) is 11.7. The third-order valence-electron chi connectivity index (χ3n) is 6.60. The molecule has 1 aromatic carbocycles. The van der Waals surface area contributed by atoms with Crippen LogP contribution in [0.25, 0.3) is 22.4 Å². The van der Waals surface area contributed by atoms with Crippen LogP contribution in [0.3, 0.4) is 0 Å². The van der Waals surface area contributed by atoms with E-state index in [-0.39, 0.29) is 23.0 Å². The molecule has 0 saturated heterocycles. The van der Waals surface area contributed by atoms with Gasteiger partial charge in [0, 0.05) is 25.6 Å². The number of hydrogen-bond donors (Lipinski definition) is 2. The number of hydrogen-bond acceptors (Lipinski definition) is 6. The summed E-state index contributed by atoms with van der Waals surface area (Å²) in [6, 6.07) is 8.29. The number of fused-ring (bicyclic) bond motifs is 1. The first-order valence-corrected chi connectivity index (χ1v) is 17.5. The van der Waals surface area contributed by atoms with E-state index in [0.29, 0.717) is 12.8 Å². The Balaban J connectivity index is 0.00000107. The zero-order valence-electron chi connectivity index (χ0n) is 21.9. The largest absolute Gasteiger partial charge is 0.372 e. The summed E-state index contributed by atoms with van der Waals surface area (Å²) in [4.78, 5) is 22.5. The second-order valence-electron chi connectivity index (χ2n) is 9.36. The molecule has 0 aliphatic heterocycles. The highest BCUT2D eigenvalue weighted by atomic mass is 127. The Hall–Kier alpha value is -2.57. The van der Waals surface area contributed by atoms with Crippen molar-refractivity contribution in [2.24, 2.45) is 12.8 Å². The molecular weight excluding hydrogens is 637 g/mol. The maximum atomic E-state index is 14.7. The monoisotopic (exact) mass is 668 g/mol. The summed E-state index contributed by atoms with van der Waals surface area (Å²) in [6.07, 6.45) is 6.96. The number of benzene rings is 1. The number of primary amides is 1. The number of pyridine rings is 1. The lowest BCUT2D eigenvalue weighted by Gasteiger charge is -2.24. The van der Waals surface area contributed by atoms with Crippen LogP contribution in [-0.2, 0) is 11.8 Å². The number of aryl methyl sites for hydroxylation is 2. The Kier molecular flexibility index (Phi) is 8.43. The summed E-state index contributed by atoms with van der Waals surface area (Å²) >= 11 is 2.34. The summed E-state index contributed by atoms with van der Waals surface area (Å²) in [6.45, 7) is 3.64. The van der Waals surface area contributed by atoms with E-state index >= 15 is 0 Å². The van der Waals surface area contributed by atoms with Gasteiger partial charge >= 0.3 is 0 Å². The number of nitrogens with zero attached hydrogens (tertiary/aromatic N) is 6. The quantitative estimate of drug-likeness (QED) is 0.114. The smallest absolute Gasteiger partial charge is 0.204 e. The number of imidazole rings is 2. The molecular formula is C25H31FIN8OPS. The predicted molar refractivity (Wildman–Crippen MR) is 168 cm³/mol. The molecule has 3 N–H and O–H groups in total. The first-order chi connectivity index (χ1) is 18.0. The zero-order chi connectivity index (χ0) is 27.8. The van der Waals surface area contributed by atoms with E-state index in [1.54, 1.807) is 13.3 Å². The standard InChI is InChI=1S/C24H28FIN7PS.CH3NO/c1-14-28-22-19(10-18(16-11-24(16,2)25)30-23(22)33(14)34-26)29-17-8-7-15(21-12-27-13-31(21)3)9-20(17)32(4)35(5)6;2-1-3/h7-10,12-13,16,34H,5,11H2,1-4,6H3,(H,29,30);1H,(H2,2,3). The molecule has 1 amide bonds. The van der Waals surface area contributed by atoms with Gasteiger partial charge in [0.05, 0.1) is 47.3 Å². The van der Waals surface area contributed by atoms with Crippen LogP contribution in [-0.4, -0.2) is 55.1 Å². The SMILES string of the molecule is C=S(C)N(C)c1cc(-c2cncn2C)ccc1Nc1cc(C2CC2(C)F)nc2c1nc(C)n2PI.NC=O. The van der Waals surface area contributed by atoms with Crippen LogP contribution in [0.1, 0.15) is 30.8 Å². The van der Waals surface area contributed by atoms with E-state index < -0.39 is 5.67 Å². The van der Waals surface area contributed by atoms with Crippen molar-refractivity contribution in [1.82, 2.24) is 23.9 Å². The molecule has 0 radical (unpaired) electrons. The normalized spacial score (nSPS) is 19.3. The van der Waals surface area contributed by atoms with E-state index in [1.807, 2.05) is 37.8 Å². The number of rotatable bonds is 7. The van der Waals surface area contributed by atoms with E-state index in [4.69, 9.17) is 14.8 Å². The number of anilines is 3. The number of carbonyl (C=O) groups is 1. The molecule has 3 aromatic heterocycles. The fourth-order valence-electron chi connectivity index (χ4n) is 4.31. The second-order valence-corrected chi connectivity index (χ2v) is 13.2. The van der Waals surface area contributed by atoms with Crippen LogP contribution < -0.4 is 15.4 Å². The van der Waals surface area contributed by atoms with Crippen LogP contribution in [0.15, 0.2) is 36.8 Å². The van der Waals surface area contributed by atoms with Gasteiger partial charge in [-0.2, -0.15) is 0 Å². The third-order valence-corrected chi connectivity index (χ3v) is 9.88. The van der Waals surface area contributed by atoms with Crippen LogP contribution in [0.5, 0.6) is 0 Å². The van der Waals surface area contributed by atoms with Crippen LogP contribution in [0.4, 0.5) is 21.5 Å². The van der Waals surface area contributed by atoms with Gasteiger partial charge in [0.15, 0.2) is 5.65 Å². The van der Waals surface area contributed by atoms with Crippen molar-refractivity contribution >= 4 is 79.6 Å². The van der Waals surface area contributed by atoms with Crippen molar-refractivity contribution < 1.29 is 9.18 Å². The van der Waals surface area contributed by atoms with Gasteiger partial charge in [-0.05, 0) is 66.8 Å². The fourth-order valence-corrected chi connectivity index (χ4v) is 6.94. The zero-order valence-corrected chi connectivity index (χ0v) is 25.8. The molecule has 5 rings (SSSR count). The van der Waals surface area contributed by atoms with E-state index in [9.17, 15) is 4.39 Å². The average molecular weight is 669 g/mol. The molecule has 1 fully saturated rings. The van der Waals surface area contributed by atoms with Gasteiger partial charge in [-0.1, -0.05) is 11.9 Å². The molecule has 0 spiro atoms. The van der Waals surface area contributed by atoms with Crippen LogP contribution in [0, 0.1) is 6.92 Å². The summed E-state index contributed by atoms with van der Waals surface area (Å²) in [7, 11) is 3.79. The Labute approximate surface area is 238 Å². The van der Waals surface area contributed by atoms with Crippen molar-refractivity contribution in [2.75, 3.05) is 22.9 Å². The maximum Gasteiger partial charge on any atom is 0.204 e. The summed E-state index contributed by atoms with van der Waals surface area (Å²) in [5.41, 5.74) is 10.2. The number of halogens is 2.